The Morgan fingerprint density at radius 3 is 2.85 bits per heavy atom. The van der Waals surface area contributed by atoms with E-state index in [1.165, 1.54) is 15.6 Å². The Hall–Kier alpha value is -1.16. The van der Waals surface area contributed by atoms with Crippen LogP contribution in [0, 0.1) is 0 Å². The van der Waals surface area contributed by atoms with Crippen LogP contribution in [-0.2, 0) is 10.0 Å². The lowest BCUT2D eigenvalue weighted by Gasteiger charge is -2.19. The Balaban J connectivity index is 2.59. The molecule has 0 fully saturated rings. The van der Waals surface area contributed by atoms with Gasteiger partial charge in [0.25, 0.3) is 10.0 Å². The van der Waals surface area contributed by atoms with Gasteiger partial charge in [0.05, 0.1) is 6.61 Å². The number of hydrogen-bond acceptors (Lipinski definition) is 6. The Labute approximate surface area is 121 Å². The summed E-state index contributed by atoms with van der Waals surface area (Å²) in [6.07, 6.45) is 1.69. The van der Waals surface area contributed by atoms with Gasteiger partial charge in [0, 0.05) is 31.2 Å². The van der Waals surface area contributed by atoms with E-state index in [-0.39, 0.29) is 18.2 Å². The van der Waals surface area contributed by atoms with Gasteiger partial charge in [-0.05, 0) is 6.92 Å². The molecule has 2 aromatic rings. The molecule has 2 aromatic heterocycles. The van der Waals surface area contributed by atoms with Crippen molar-refractivity contribution in [2.75, 3.05) is 31.6 Å². The van der Waals surface area contributed by atoms with Gasteiger partial charge in [-0.1, -0.05) is 6.92 Å². The zero-order chi connectivity index (χ0) is 14.8. The number of nitrogens with one attached hydrogen (secondary N) is 1. The summed E-state index contributed by atoms with van der Waals surface area (Å²) in [5, 5.41) is 13.9. The maximum atomic E-state index is 12.7. The number of fused-ring (bicyclic) bond motifs is 1. The van der Waals surface area contributed by atoms with E-state index in [1.54, 1.807) is 22.9 Å². The van der Waals surface area contributed by atoms with Crippen LogP contribution in [0.2, 0.25) is 0 Å². The van der Waals surface area contributed by atoms with Crippen molar-refractivity contribution in [3.63, 3.8) is 0 Å². The fourth-order valence-electron chi connectivity index (χ4n) is 1.98. The molecule has 0 aliphatic rings. The number of sulfonamides is 1. The van der Waals surface area contributed by atoms with Gasteiger partial charge >= 0.3 is 0 Å². The van der Waals surface area contributed by atoms with Crippen molar-refractivity contribution >= 4 is 32.1 Å². The summed E-state index contributed by atoms with van der Waals surface area (Å²) >= 11 is 1.38. The second kappa shape index (κ2) is 6.08. The highest BCUT2D eigenvalue weighted by molar-refractivity contribution is 7.89. The summed E-state index contributed by atoms with van der Waals surface area (Å²) in [6, 6.07) is 0. The number of rotatable bonds is 7. The van der Waals surface area contributed by atoms with E-state index in [0.29, 0.717) is 23.9 Å². The fourth-order valence-corrected chi connectivity index (χ4v) is 4.41. The summed E-state index contributed by atoms with van der Waals surface area (Å²) in [5.74, 6) is 0.357. The van der Waals surface area contributed by atoms with E-state index in [4.69, 9.17) is 5.11 Å². The lowest BCUT2D eigenvalue weighted by Crippen LogP contribution is -2.34. The minimum Gasteiger partial charge on any atom is -0.395 e. The normalized spacial score (nSPS) is 12.4. The number of nitrogens with zero attached hydrogens (tertiary/aromatic N) is 3. The molecular weight excluding hydrogens is 300 g/mol. The number of anilines is 1. The first-order valence-electron chi connectivity index (χ1n) is 6.36. The highest BCUT2D eigenvalue weighted by atomic mass is 32.2. The first-order chi connectivity index (χ1) is 9.56. The van der Waals surface area contributed by atoms with Crippen LogP contribution in [0.15, 0.2) is 16.6 Å². The summed E-state index contributed by atoms with van der Waals surface area (Å²) in [7, 11) is -3.70. The Kier molecular flexibility index (Phi) is 4.63. The predicted octanol–water partition coefficient (Wildman–Crippen LogP) is 0.830. The molecule has 0 radical (unpaired) electrons. The molecule has 2 N–H and O–H groups in total. The van der Waals surface area contributed by atoms with Crippen LogP contribution in [0.5, 0.6) is 0 Å². The highest BCUT2D eigenvalue weighted by Gasteiger charge is 2.30. The second-order valence-electron chi connectivity index (χ2n) is 4.07. The molecule has 20 heavy (non-hydrogen) atoms. The molecular formula is C11H18N4O3S2. The van der Waals surface area contributed by atoms with Crippen LogP contribution in [0.25, 0.3) is 4.96 Å². The Bertz CT molecular complexity index is 677. The zero-order valence-corrected chi connectivity index (χ0v) is 13.0. The van der Waals surface area contributed by atoms with Crippen LogP contribution in [-0.4, -0.2) is 53.5 Å². The molecule has 0 saturated heterocycles. The molecule has 2 heterocycles. The Morgan fingerprint density at radius 2 is 2.25 bits per heavy atom. The van der Waals surface area contributed by atoms with Crippen molar-refractivity contribution in [2.24, 2.45) is 0 Å². The number of aliphatic hydroxyl groups is 1. The lowest BCUT2D eigenvalue weighted by atomic mass is 10.6. The molecule has 0 aliphatic heterocycles. The third-order valence-electron chi connectivity index (χ3n) is 2.85. The number of hydrogen-bond donors (Lipinski definition) is 2. The van der Waals surface area contributed by atoms with Gasteiger partial charge in [-0.25, -0.2) is 13.4 Å². The number of imidazole rings is 1. The van der Waals surface area contributed by atoms with Crippen LogP contribution in [0.3, 0.4) is 0 Å². The van der Waals surface area contributed by atoms with Crippen molar-refractivity contribution in [3.8, 4) is 0 Å². The van der Waals surface area contributed by atoms with Gasteiger partial charge < -0.3 is 10.4 Å². The number of aromatic nitrogens is 2. The predicted molar refractivity (Wildman–Crippen MR) is 78.8 cm³/mol. The molecule has 0 amide bonds. The highest BCUT2D eigenvalue weighted by Crippen LogP contribution is 2.28. The zero-order valence-electron chi connectivity index (χ0n) is 11.4. The van der Waals surface area contributed by atoms with E-state index < -0.39 is 10.0 Å². The topological polar surface area (TPSA) is 86.9 Å². The van der Waals surface area contributed by atoms with Gasteiger partial charge in [0.15, 0.2) is 15.8 Å². The van der Waals surface area contributed by atoms with Gasteiger partial charge in [0.1, 0.15) is 0 Å². The first kappa shape index (κ1) is 15.2. The minimum atomic E-state index is -3.70. The van der Waals surface area contributed by atoms with E-state index in [9.17, 15) is 8.42 Å². The lowest BCUT2D eigenvalue weighted by molar-refractivity contribution is 0.256. The van der Waals surface area contributed by atoms with E-state index >= 15 is 0 Å². The quantitative estimate of drug-likeness (QED) is 0.789. The van der Waals surface area contributed by atoms with E-state index in [1.807, 2.05) is 6.92 Å². The third-order valence-corrected chi connectivity index (χ3v) is 5.60. The van der Waals surface area contributed by atoms with Gasteiger partial charge in [-0.15, -0.1) is 11.3 Å². The van der Waals surface area contributed by atoms with E-state index in [2.05, 4.69) is 10.3 Å². The van der Waals surface area contributed by atoms with Crippen molar-refractivity contribution in [1.82, 2.24) is 13.7 Å². The van der Waals surface area contributed by atoms with Crippen LogP contribution in [0.4, 0.5) is 5.82 Å². The molecule has 7 nitrogen and oxygen atoms in total. The van der Waals surface area contributed by atoms with E-state index in [0.717, 1.165) is 0 Å². The van der Waals surface area contributed by atoms with Crippen molar-refractivity contribution in [1.29, 1.82) is 0 Å². The molecule has 9 heteroatoms. The third kappa shape index (κ3) is 2.53. The molecule has 0 saturated carbocycles. The SMILES string of the molecule is CCNc1nc2sccn2c1S(=O)(=O)N(CC)CCO. The molecule has 0 aliphatic carbocycles. The maximum Gasteiger partial charge on any atom is 0.262 e. The van der Waals surface area contributed by atoms with Crippen molar-refractivity contribution in [3.05, 3.63) is 11.6 Å². The molecule has 0 spiro atoms. The maximum absolute atomic E-state index is 12.7. The molecule has 0 atom stereocenters. The molecule has 0 aromatic carbocycles. The van der Waals surface area contributed by atoms with Crippen LogP contribution in [0.1, 0.15) is 13.8 Å². The molecule has 0 bridgehead atoms. The summed E-state index contributed by atoms with van der Waals surface area (Å²) in [6.45, 7) is 4.36. The van der Waals surface area contributed by atoms with Gasteiger partial charge in [-0.3, -0.25) is 4.40 Å². The average molecular weight is 318 g/mol. The fraction of sp³-hybridized carbons (Fsp3) is 0.545. The smallest absolute Gasteiger partial charge is 0.262 e. The molecule has 112 valence electrons. The number of aliphatic hydroxyl groups excluding tert-OH is 1. The van der Waals surface area contributed by atoms with Gasteiger partial charge in [-0.2, -0.15) is 4.31 Å². The van der Waals surface area contributed by atoms with Crippen LogP contribution < -0.4 is 5.32 Å². The largest absolute Gasteiger partial charge is 0.395 e. The standard InChI is InChI=1S/C11H18N4O3S2/c1-3-12-9-10(15-6-8-19-11(15)13-9)20(17,18)14(4-2)5-7-16/h6,8,12,16H,3-5,7H2,1-2H3. The Morgan fingerprint density at radius 1 is 1.50 bits per heavy atom. The summed E-state index contributed by atoms with van der Waals surface area (Å²) in [4.78, 5) is 4.93. The minimum absolute atomic E-state index is 0.0712. The van der Waals surface area contributed by atoms with Crippen molar-refractivity contribution < 1.29 is 13.5 Å². The number of likely N-dealkylation sites (N-methyl/N-ethyl adjacent to an activating group) is 1. The first-order valence-corrected chi connectivity index (χ1v) is 8.68. The summed E-state index contributed by atoms with van der Waals surface area (Å²) in [5.41, 5.74) is 0. The average Bonchev–Trinajstić information content (AvgIpc) is 2.95. The molecule has 0 unspecified atom stereocenters. The van der Waals surface area contributed by atoms with Gasteiger partial charge in [0.2, 0.25) is 0 Å². The second-order valence-corrected chi connectivity index (χ2v) is 6.80. The van der Waals surface area contributed by atoms with Crippen molar-refractivity contribution in [2.45, 2.75) is 18.9 Å². The monoisotopic (exact) mass is 318 g/mol. The number of thiazole rings is 1. The summed E-state index contributed by atoms with van der Waals surface area (Å²) < 4.78 is 28.3. The molecule has 2 rings (SSSR count). The van der Waals surface area contributed by atoms with Crippen LogP contribution >= 0.6 is 11.3 Å².